The Balaban J connectivity index is 2.52. The van der Waals surface area contributed by atoms with Gasteiger partial charge in [0.1, 0.15) is 0 Å². The number of carbonyl (C=O) groups is 1. The standard InChI is InChI=1S/C11H13Cl3N2O3/c1-15-7-8(16(18)19)6-9(15)10(17)4-2-3-5-11(12,13)14/h6-7H,2-5H2,1H3. The molecule has 106 valence electrons. The van der Waals surface area contributed by atoms with Crippen molar-refractivity contribution in [1.82, 2.24) is 4.57 Å². The first-order chi connectivity index (χ1) is 8.70. The molecule has 5 nitrogen and oxygen atoms in total. The van der Waals surface area contributed by atoms with Gasteiger partial charge in [0.15, 0.2) is 9.58 Å². The van der Waals surface area contributed by atoms with Crippen LogP contribution in [0.3, 0.4) is 0 Å². The minimum atomic E-state index is -1.30. The smallest absolute Gasteiger partial charge is 0.287 e. The molecule has 1 aromatic heterocycles. The molecule has 0 fully saturated rings. The van der Waals surface area contributed by atoms with Crippen molar-refractivity contribution in [2.45, 2.75) is 29.5 Å². The Kier molecular flexibility index (Phi) is 5.64. The number of hydrogen-bond donors (Lipinski definition) is 0. The van der Waals surface area contributed by atoms with Crippen LogP contribution in [-0.4, -0.2) is 19.1 Å². The molecule has 0 saturated heterocycles. The molecule has 0 unspecified atom stereocenters. The number of carbonyl (C=O) groups excluding carboxylic acids is 1. The van der Waals surface area contributed by atoms with Gasteiger partial charge in [-0.05, 0) is 19.3 Å². The highest BCUT2D eigenvalue weighted by Gasteiger charge is 2.20. The van der Waals surface area contributed by atoms with E-state index < -0.39 is 8.72 Å². The molecule has 0 aliphatic heterocycles. The van der Waals surface area contributed by atoms with E-state index in [-0.39, 0.29) is 17.9 Å². The fourth-order valence-electron chi connectivity index (χ4n) is 1.66. The Morgan fingerprint density at radius 3 is 2.53 bits per heavy atom. The van der Waals surface area contributed by atoms with Crippen LogP contribution in [-0.2, 0) is 7.05 Å². The number of unbranched alkanes of at least 4 members (excludes halogenated alkanes) is 1. The lowest BCUT2D eigenvalue weighted by Crippen LogP contribution is -2.06. The van der Waals surface area contributed by atoms with E-state index >= 15 is 0 Å². The molecule has 0 atom stereocenters. The van der Waals surface area contributed by atoms with Crippen molar-refractivity contribution in [3.63, 3.8) is 0 Å². The molecule has 0 bridgehead atoms. The van der Waals surface area contributed by atoms with E-state index in [9.17, 15) is 14.9 Å². The van der Waals surface area contributed by atoms with Crippen LogP contribution in [0.25, 0.3) is 0 Å². The molecular formula is C11H13Cl3N2O3. The normalized spacial score (nSPS) is 11.6. The number of aromatic nitrogens is 1. The molecule has 0 amide bonds. The Morgan fingerprint density at radius 1 is 1.42 bits per heavy atom. The molecule has 1 rings (SSSR count). The summed E-state index contributed by atoms with van der Waals surface area (Å²) in [5.41, 5.74) is 0.229. The Bertz CT molecular complexity index is 480. The average molecular weight is 328 g/mol. The van der Waals surface area contributed by atoms with Crippen LogP contribution in [0.4, 0.5) is 5.69 Å². The van der Waals surface area contributed by atoms with Gasteiger partial charge in [0.25, 0.3) is 5.69 Å². The number of rotatable bonds is 6. The molecule has 0 spiro atoms. The zero-order valence-electron chi connectivity index (χ0n) is 10.2. The summed E-state index contributed by atoms with van der Waals surface area (Å²) in [6.45, 7) is 0. The molecule has 8 heteroatoms. The van der Waals surface area contributed by atoms with Gasteiger partial charge in [-0.15, -0.1) is 0 Å². The quantitative estimate of drug-likeness (QED) is 0.260. The first-order valence-electron chi connectivity index (χ1n) is 5.61. The Hall–Kier alpha value is -0.780. The van der Waals surface area contributed by atoms with E-state index in [1.807, 2.05) is 0 Å². The van der Waals surface area contributed by atoms with Gasteiger partial charge in [0.05, 0.1) is 16.8 Å². The summed E-state index contributed by atoms with van der Waals surface area (Å²) in [6, 6.07) is 1.28. The molecule has 19 heavy (non-hydrogen) atoms. The van der Waals surface area contributed by atoms with E-state index in [0.717, 1.165) is 0 Å². The highest BCUT2D eigenvalue weighted by atomic mass is 35.6. The maximum absolute atomic E-state index is 11.9. The molecule has 0 aromatic carbocycles. The third-order valence-electron chi connectivity index (χ3n) is 2.60. The number of alkyl halides is 3. The highest BCUT2D eigenvalue weighted by molar-refractivity contribution is 6.67. The number of halogens is 3. The fourth-order valence-corrected chi connectivity index (χ4v) is 2.06. The summed E-state index contributed by atoms with van der Waals surface area (Å²) < 4.78 is 0.155. The van der Waals surface area contributed by atoms with Crippen molar-refractivity contribution in [1.29, 1.82) is 0 Å². The second kappa shape index (κ2) is 6.59. The minimum absolute atomic E-state index is 0.0906. The molecule has 1 heterocycles. The zero-order chi connectivity index (χ0) is 14.6. The van der Waals surface area contributed by atoms with E-state index in [4.69, 9.17) is 34.8 Å². The van der Waals surface area contributed by atoms with Crippen LogP contribution in [0.15, 0.2) is 12.3 Å². The number of Topliss-reactive ketones (excluding diaryl/α,β-unsaturated/α-hetero) is 1. The third kappa shape index (κ3) is 5.38. The van der Waals surface area contributed by atoms with Crippen molar-refractivity contribution in [3.8, 4) is 0 Å². The largest absolute Gasteiger partial charge is 0.342 e. The van der Waals surface area contributed by atoms with Crippen molar-refractivity contribution in [2.24, 2.45) is 7.05 Å². The number of nitrogens with zero attached hydrogens (tertiary/aromatic N) is 2. The summed E-state index contributed by atoms with van der Waals surface area (Å²) in [5.74, 6) is -0.153. The van der Waals surface area contributed by atoms with E-state index in [1.54, 1.807) is 7.05 Å². The van der Waals surface area contributed by atoms with Crippen LogP contribution in [0, 0.1) is 10.1 Å². The van der Waals surface area contributed by atoms with Gasteiger partial charge in [0, 0.05) is 19.5 Å². The summed E-state index contributed by atoms with van der Waals surface area (Å²) in [5, 5.41) is 10.6. The van der Waals surface area contributed by atoms with Crippen LogP contribution >= 0.6 is 34.8 Å². The molecule has 0 radical (unpaired) electrons. The van der Waals surface area contributed by atoms with Crippen molar-refractivity contribution in [3.05, 3.63) is 28.1 Å². The number of nitro groups is 1. The van der Waals surface area contributed by atoms with Crippen LogP contribution in [0.1, 0.15) is 36.2 Å². The molecule has 1 aromatic rings. The fraction of sp³-hybridized carbons (Fsp3) is 0.545. The molecule has 0 aliphatic carbocycles. The highest BCUT2D eigenvalue weighted by Crippen LogP contribution is 2.32. The van der Waals surface area contributed by atoms with Gasteiger partial charge in [-0.1, -0.05) is 34.8 Å². The molecule has 0 saturated carbocycles. The maximum Gasteiger partial charge on any atom is 0.287 e. The first-order valence-corrected chi connectivity index (χ1v) is 6.75. The number of aryl methyl sites for hydroxylation is 1. The van der Waals surface area contributed by atoms with Crippen molar-refractivity contribution >= 4 is 46.3 Å². The second-order valence-corrected chi connectivity index (χ2v) is 6.71. The molecular weight excluding hydrogens is 314 g/mol. The van der Waals surface area contributed by atoms with Gasteiger partial charge in [0.2, 0.25) is 0 Å². The number of ketones is 1. The van der Waals surface area contributed by atoms with Crippen LogP contribution in [0.5, 0.6) is 0 Å². The lowest BCUT2D eigenvalue weighted by molar-refractivity contribution is -0.384. The first kappa shape index (κ1) is 16.3. The topological polar surface area (TPSA) is 65.1 Å². The SMILES string of the molecule is Cn1cc([N+](=O)[O-])cc1C(=O)CCCCC(Cl)(Cl)Cl. The van der Waals surface area contributed by atoms with E-state index in [0.29, 0.717) is 25.0 Å². The van der Waals surface area contributed by atoms with Crippen molar-refractivity contribution in [2.75, 3.05) is 0 Å². The molecule has 0 aliphatic rings. The van der Waals surface area contributed by atoms with Gasteiger partial charge in [-0.3, -0.25) is 14.9 Å². The summed E-state index contributed by atoms with van der Waals surface area (Å²) >= 11 is 16.8. The van der Waals surface area contributed by atoms with Crippen molar-refractivity contribution < 1.29 is 9.72 Å². The third-order valence-corrected chi connectivity index (χ3v) is 3.17. The maximum atomic E-state index is 11.9. The monoisotopic (exact) mass is 326 g/mol. The average Bonchev–Trinajstić information content (AvgIpc) is 2.65. The van der Waals surface area contributed by atoms with Crippen LogP contribution in [0.2, 0.25) is 0 Å². The second-order valence-electron chi connectivity index (χ2n) is 4.20. The number of hydrogen-bond acceptors (Lipinski definition) is 3. The molecule has 0 N–H and O–H groups in total. The van der Waals surface area contributed by atoms with Gasteiger partial charge in [-0.2, -0.15) is 0 Å². The summed E-state index contributed by atoms with van der Waals surface area (Å²) in [7, 11) is 1.60. The summed E-state index contributed by atoms with van der Waals surface area (Å²) in [6.07, 6.45) is 3.14. The predicted octanol–water partition coefficient (Wildman–Crippen LogP) is 4.05. The van der Waals surface area contributed by atoms with E-state index in [1.165, 1.54) is 16.8 Å². The van der Waals surface area contributed by atoms with E-state index in [2.05, 4.69) is 0 Å². The Morgan fingerprint density at radius 2 is 2.05 bits per heavy atom. The van der Waals surface area contributed by atoms with Gasteiger partial charge >= 0.3 is 0 Å². The van der Waals surface area contributed by atoms with Crippen LogP contribution < -0.4 is 0 Å². The zero-order valence-corrected chi connectivity index (χ0v) is 12.5. The predicted molar refractivity (Wildman–Crippen MR) is 75.2 cm³/mol. The Labute approximate surface area is 125 Å². The van der Waals surface area contributed by atoms with Gasteiger partial charge in [-0.25, -0.2) is 0 Å². The lowest BCUT2D eigenvalue weighted by Gasteiger charge is -2.09. The lowest BCUT2D eigenvalue weighted by atomic mass is 10.1. The van der Waals surface area contributed by atoms with Gasteiger partial charge < -0.3 is 4.57 Å². The minimum Gasteiger partial charge on any atom is -0.342 e. The summed E-state index contributed by atoms with van der Waals surface area (Å²) in [4.78, 5) is 22.0.